The number of carbonyl (C=O) groups excluding carboxylic acids is 1. The van der Waals surface area contributed by atoms with Crippen LogP contribution in [0.5, 0.6) is 0 Å². The predicted octanol–water partition coefficient (Wildman–Crippen LogP) is 3.59. The highest BCUT2D eigenvalue weighted by Gasteiger charge is 2.31. The van der Waals surface area contributed by atoms with Gasteiger partial charge in [0.05, 0.1) is 5.60 Å². The highest BCUT2D eigenvalue weighted by Crippen LogP contribution is 2.26. The fraction of sp³-hybridized carbons (Fsp3) is 0.923. The summed E-state index contributed by atoms with van der Waals surface area (Å²) in [5.41, 5.74) is -0.535. The van der Waals surface area contributed by atoms with E-state index in [2.05, 4.69) is 13.8 Å². The normalized spacial score (nSPS) is 16.1. The molecule has 2 heteroatoms. The van der Waals surface area contributed by atoms with Crippen molar-refractivity contribution in [1.29, 1.82) is 0 Å². The minimum Gasteiger partial charge on any atom is -0.375 e. The molecule has 0 saturated heterocycles. The van der Waals surface area contributed by atoms with Crippen molar-refractivity contribution >= 4 is 5.78 Å². The van der Waals surface area contributed by atoms with E-state index in [0.29, 0.717) is 6.42 Å². The van der Waals surface area contributed by atoms with Crippen molar-refractivity contribution < 1.29 is 9.53 Å². The quantitative estimate of drug-likeness (QED) is 0.675. The van der Waals surface area contributed by atoms with Gasteiger partial charge in [-0.3, -0.25) is 4.79 Å². The molecule has 0 bridgehead atoms. The Kier molecular flexibility index (Phi) is 5.50. The van der Waals surface area contributed by atoms with Gasteiger partial charge in [-0.25, -0.2) is 0 Å². The molecule has 0 aliphatic carbocycles. The molecule has 90 valence electrons. The van der Waals surface area contributed by atoms with Crippen LogP contribution in [-0.2, 0) is 9.53 Å². The Balaban J connectivity index is 4.37. The Labute approximate surface area is 94.4 Å². The van der Waals surface area contributed by atoms with E-state index in [0.717, 1.165) is 19.4 Å². The Morgan fingerprint density at radius 2 is 1.67 bits per heavy atom. The lowest BCUT2D eigenvalue weighted by molar-refractivity contribution is -0.134. The van der Waals surface area contributed by atoms with Crippen LogP contribution in [-0.4, -0.2) is 18.0 Å². The van der Waals surface area contributed by atoms with E-state index in [9.17, 15) is 4.79 Å². The maximum atomic E-state index is 11.9. The number of ether oxygens (including phenoxy) is 1. The van der Waals surface area contributed by atoms with Crippen LogP contribution in [0.1, 0.15) is 60.8 Å². The number of hydrogen-bond donors (Lipinski definition) is 0. The summed E-state index contributed by atoms with van der Waals surface area (Å²) < 4.78 is 5.77. The van der Waals surface area contributed by atoms with Gasteiger partial charge in [-0.15, -0.1) is 0 Å². The molecule has 0 aromatic carbocycles. The van der Waals surface area contributed by atoms with Crippen LogP contribution in [0.2, 0.25) is 0 Å². The summed E-state index contributed by atoms with van der Waals surface area (Å²) in [5, 5.41) is 0. The zero-order chi connectivity index (χ0) is 12.1. The van der Waals surface area contributed by atoms with Gasteiger partial charge in [0.2, 0.25) is 0 Å². The number of ketones is 1. The van der Waals surface area contributed by atoms with Gasteiger partial charge < -0.3 is 4.74 Å². The molecule has 15 heavy (non-hydrogen) atoms. The van der Waals surface area contributed by atoms with Crippen molar-refractivity contribution in [3.8, 4) is 0 Å². The standard InChI is InChI=1S/C13H26O2/c1-7-9-15-13(6,8-2)10-11(14)12(3,4)5/h7-10H2,1-6H3. The molecular weight excluding hydrogens is 188 g/mol. The fourth-order valence-corrected chi connectivity index (χ4v) is 1.23. The van der Waals surface area contributed by atoms with Gasteiger partial charge in [0.15, 0.2) is 0 Å². The average molecular weight is 214 g/mol. The van der Waals surface area contributed by atoms with Crippen LogP contribution < -0.4 is 0 Å². The lowest BCUT2D eigenvalue weighted by Crippen LogP contribution is -2.35. The smallest absolute Gasteiger partial charge is 0.141 e. The van der Waals surface area contributed by atoms with Crippen molar-refractivity contribution in [3.05, 3.63) is 0 Å². The number of rotatable bonds is 6. The SMILES string of the molecule is CCCOC(C)(CC)CC(=O)C(C)(C)C. The maximum absolute atomic E-state index is 11.9. The van der Waals surface area contributed by atoms with Crippen LogP contribution in [0, 0.1) is 5.41 Å². The largest absolute Gasteiger partial charge is 0.375 e. The first kappa shape index (κ1) is 14.6. The summed E-state index contributed by atoms with van der Waals surface area (Å²) in [5.74, 6) is 0.281. The lowest BCUT2D eigenvalue weighted by Gasteiger charge is -2.30. The third-order valence-corrected chi connectivity index (χ3v) is 2.77. The number of hydrogen-bond acceptors (Lipinski definition) is 2. The van der Waals surface area contributed by atoms with Gasteiger partial charge >= 0.3 is 0 Å². The zero-order valence-electron chi connectivity index (χ0n) is 11.1. The summed E-state index contributed by atoms with van der Waals surface area (Å²) in [4.78, 5) is 11.9. The molecule has 0 N–H and O–H groups in total. The highest BCUT2D eigenvalue weighted by molar-refractivity contribution is 5.84. The molecule has 2 nitrogen and oxygen atoms in total. The molecule has 0 heterocycles. The first-order valence-electron chi connectivity index (χ1n) is 5.92. The molecule has 0 fully saturated rings. The van der Waals surface area contributed by atoms with Crippen molar-refractivity contribution in [1.82, 2.24) is 0 Å². The summed E-state index contributed by atoms with van der Waals surface area (Å²) in [7, 11) is 0. The fourth-order valence-electron chi connectivity index (χ4n) is 1.23. The number of Topliss-reactive ketones (excluding diaryl/α,β-unsaturated/α-hetero) is 1. The molecule has 0 aliphatic rings. The molecule has 0 radical (unpaired) electrons. The van der Waals surface area contributed by atoms with Crippen LogP contribution >= 0.6 is 0 Å². The molecule has 0 aromatic rings. The molecule has 0 rings (SSSR count). The van der Waals surface area contributed by atoms with Crippen LogP contribution in [0.4, 0.5) is 0 Å². The highest BCUT2D eigenvalue weighted by atomic mass is 16.5. The first-order valence-corrected chi connectivity index (χ1v) is 5.92. The second kappa shape index (κ2) is 5.64. The van der Waals surface area contributed by atoms with Gasteiger partial charge in [0.1, 0.15) is 5.78 Å². The van der Waals surface area contributed by atoms with Gasteiger partial charge in [0.25, 0.3) is 0 Å². The lowest BCUT2D eigenvalue weighted by atomic mass is 9.83. The molecule has 0 saturated carbocycles. The van der Waals surface area contributed by atoms with E-state index in [1.165, 1.54) is 0 Å². The first-order chi connectivity index (χ1) is 6.75. The van der Waals surface area contributed by atoms with Gasteiger partial charge in [-0.05, 0) is 19.8 Å². The van der Waals surface area contributed by atoms with Gasteiger partial charge in [-0.2, -0.15) is 0 Å². The predicted molar refractivity (Wildman–Crippen MR) is 64.0 cm³/mol. The monoisotopic (exact) mass is 214 g/mol. The maximum Gasteiger partial charge on any atom is 0.141 e. The van der Waals surface area contributed by atoms with Crippen molar-refractivity contribution in [2.75, 3.05) is 6.61 Å². The van der Waals surface area contributed by atoms with Gasteiger partial charge in [-0.1, -0.05) is 34.6 Å². The third-order valence-electron chi connectivity index (χ3n) is 2.77. The van der Waals surface area contributed by atoms with Crippen LogP contribution in [0.15, 0.2) is 0 Å². The Bertz CT molecular complexity index is 203. The van der Waals surface area contributed by atoms with E-state index in [1.807, 2.05) is 27.7 Å². The summed E-state index contributed by atoms with van der Waals surface area (Å²) in [6, 6.07) is 0. The van der Waals surface area contributed by atoms with E-state index < -0.39 is 0 Å². The summed E-state index contributed by atoms with van der Waals surface area (Å²) >= 11 is 0. The molecular formula is C13H26O2. The third kappa shape index (κ3) is 5.31. The molecule has 1 unspecified atom stereocenters. The summed E-state index contributed by atoms with van der Waals surface area (Å²) in [6.45, 7) is 12.8. The molecule has 0 amide bonds. The van der Waals surface area contributed by atoms with Crippen LogP contribution in [0.3, 0.4) is 0 Å². The minimum atomic E-state index is -0.277. The Hall–Kier alpha value is -0.370. The second-order valence-electron chi connectivity index (χ2n) is 5.50. The molecule has 0 aromatic heterocycles. The van der Waals surface area contributed by atoms with Gasteiger partial charge in [0, 0.05) is 18.4 Å². The van der Waals surface area contributed by atoms with Crippen molar-refractivity contribution in [2.45, 2.75) is 66.4 Å². The zero-order valence-corrected chi connectivity index (χ0v) is 11.1. The average Bonchev–Trinajstić information content (AvgIpc) is 2.13. The number of carbonyl (C=O) groups is 1. The topological polar surface area (TPSA) is 26.3 Å². The molecule has 0 spiro atoms. The van der Waals surface area contributed by atoms with Crippen molar-refractivity contribution in [2.24, 2.45) is 5.41 Å². The molecule has 0 aliphatic heterocycles. The molecule has 1 atom stereocenters. The van der Waals surface area contributed by atoms with Crippen LogP contribution in [0.25, 0.3) is 0 Å². The van der Waals surface area contributed by atoms with E-state index >= 15 is 0 Å². The summed E-state index contributed by atoms with van der Waals surface area (Å²) in [6.07, 6.45) is 2.40. The Morgan fingerprint density at radius 1 is 1.13 bits per heavy atom. The Morgan fingerprint density at radius 3 is 2.00 bits per heavy atom. The van der Waals surface area contributed by atoms with Crippen molar-refractivity contribution in [3.63, 3.8) is 0 Å². The van der Waals surface area contributed by atoms with E-state index in [-0.39, 0.29) is 16.8 Å². The minimum absolute atomic E-state index is 0.258. The van der Waals surface area contributed by atoms with E-state index in [1.54, 1.807) is 0 Å². The second-order valence-corrected chi connectivity index (χ2v) is 5.50. The van der Waals surface area contributed by atoms with E-state index in [4.69, 9.17) is 4.74 Å².